The Kier molecular flexibility index (Phi) is 5.25. The second-order valence-electron chi connectivity index (χ2n) is 6.09. The van der Waals surface area contributed by atoms with Gasteiger partial charge in [0.1, 0.15) is 12.3 Å². The zero-order valence-electron chi connectivity index (χ0n) is 14.6. The molecule has 0 spiro atoms. The molecule has 0 N–H and O–H groups in total. The molecule has 0 bridgehead atoms. The summed E-state index contributed by atoms with van der Waals surface area (Å²) in [7, 11) is 0. The van der Waals surface area contributed by atoms with Crippen molar-refractivity contribution in [3.05, 3.63) is 69.8 Å². The Morgan fingerprint density at radius 3 is 2.74 bits per heavy atom. The van der Waals surface area contributed by atoms with Crippen LogP contribution in [-0.4, -0.2) is 22.5 Å². The van der Waals surface area contributed by atoms with Crippen molar-refractivity contribution in [3.8, 4) is 0 Å². The van der Waals surface area contributed by atoms with Crippen molar-refractivity contribution in [2.24, 2.45) is 5.10 Å². The van der Waals surface area contributed by atoms with Crippen LogP contribution in [0, 0.1) is 17.0 Å². The summed E-state index contributed by atoms with van der Waals surface area (Å²) in [4.78, 5) is 34.8. The molecule has 0 atom stereocenters. The number of benzene rings is 2. The molecule has 0 unspecified atom stereocenters. The van der Waals surface area contributed by atoms with E-state index in [-0.39, 0.29) is 36.8 Å². The number of hydrazone groups is 1. The van der Waals surface area contributed by atoms with Gasteiger partial charge in [-0.25, -0.2) is 9.80 Å². The van der Waals surface area contributed by atoms with Gasteiger partial charge >= 0.3 is 5.97 Å². The number of carbonyl (C=O) groups is 2. The van der Waals surface area contributed by atoms with Crippen LogP contribution in [0.4, 0.5) is 11.4 Å². The zero-order valence-corrected chi connectivity index (χ0v) is 14.6. The van der Waals surface area contributed by atoms with Crippen LogP contribution in [0.25, 0.3) is 0 Å². The van der Waals surface area contributed by atoms with Crippen molar-refractivity contribution in [3.63, 3.8) is 0 Å². The predicted molar refractivity (Wildman–Crippen MR) is 98.2 cm³/mol. The van der Waals surface area contributed by atoms with Crippen LogP contribution in [0.15, 0.2) is 53.6 Å². The van der Waals surface area contributed by atoms with Crippen molar-refractivity contribution < 1.29 is 19.2 Å². The lowest BCUT2D eigenvalue weighted by Crippen LogP contribution is -2.35. The number of nitro benzene ring substituents is 1. The summed E-state index contributed by atoms with van der Waals surface area (Å²) in [6.45, 7) is 1.79. The van der Waals surface area contributed by atoms with Gasteiger partial charge < -0.3 is 4.74 Å². The molecule has 1 aliphatic rings. The number of aryl methyl sites for hydroxylation is 1. The number of hydrogen-bond donors (Lipinski definition) is 0. The maximum atomic E-state index is 12.3. The molecule has 138 valence electrons. The summed E-state index contributed by atoms with van der Waals surface area (Å²) < 4.78 is 5.22. The van der Waals surface area contributed by atoms with Gasteiger partial charge in [-0.05, 0) is 30.2 Å². The topological polar surface area (TPSA) is 102 Å². The second-order valence-corrected chi connectivity index (χ2v) is 6.09. The van der Waals surface area contributed by atoms with E-state index in [9.17, 15) is 19.7 Å². The number of rotatable bonds is 5. The number of non-ortho nitro benzene ring substituents is 1. The van der Waals surface area contributed by atoms with Gasteiger partial charge in [0.05, 0.1) is 10.6 Å². The predicted octanol–water partition coefficient (Wildman–Crippen LogP) is 3.13. The quantitative estimate of drug-likeness (QED) is 0.459. The van der Waals surface area contributed by atoms with E-state index in [0.717, 1.165) is 5.56 Å². The minimum atomic E-state index is -0.647. The van der Waals surface area contributed by atoms with Crippen LogP contribution in [0.3, 0.4) is 0 Å². The molecule has 0 aliphatic carbocycles. The van der Waals surface area contributed by atoms with Crippen LogP contribution < -0.4 is 5.01 Å². The van der Waals surface area contributed by atoms with E-state index in [4.69, 9.17) is 4.74 Å². The van der Waals surface area contributed by atoms with Gasteiger partial charge in [-0.1, -0.05) is 24.3 Å². The van der Waals surface area contributed by atoms with Crippen LogP contribution in [0.2, 0.25) is 0 Å². The highest BCUT2D eigenvalue weighted by molar-refractivity contribution is 6.37. The van der Waals surface area contributed by atoms with E-state index in [2.05, 4.69) is 5.10 Å². The maximum absolute atomic E-state index is 12.3. The molecular formula is C19H17N3O5. The van der Waals surface area contributed by atoms with Crippen molar-refractivity contribution >= 4 is 29.0 Å². The van der Waals surface area contributed by atoms with Crippen LogP contribution >= 0.6 is 0 Å². The Balaban J connectivity index is 1.72. The molecule has 8 nitrogen and oxygen atoms in total. The molecule has 0 aromatic heterocycles. The first kappa shape index (κ1) is 18.2. The van der Waals surface area contributed by atoms with Gasteiger partial charge in [-0.15, -0.1) is 0 Å². The fraction of sp³-hybridized carbons (Fsp3) is 0.211. The highest BCUT2D eigenvalue weighted by Gasteiger charge is 2.26. The number of hydrogen-bond acceptors (Lipinski definition) is 6. The van der Waals surface area contributed by atoms with Gasteiger partial charge in [0, 0.05) is 25.0 Å². The molecule has 8 heteroatoms. The summed E-state index contributed by atoms with van der Waals surface area (Å²) in [5.41, 5.74) is 2.12. The van der Waals surface area contributed by atoms with Gasteiger partial charge in [-0.2, -0.15) is 5.10 Å². The number of carbonyl (C=O) groups excluding carboxylic acids is 2. The largest absolute Gasteiger partial charge is 0.456 e. The molecule has 2 aromatic rings. The molecule has 1 aliphatic heterocycles. The third kappa shape index (κ3) is 4.35. The summed E-state index contributed by atoms with van der Waals surface area (Å²) in [6.07, 6.45) is 0.341. The number of ether oxygens (including phenoxy) is 1. The first-order chi connectivity index (χ1) is 12.9. The van der Waals surface area contributed by atoms with E-state index < -0.39 is 10.9 Å². The molecule has 0 saturated heterocycles. The number of anilines is 1. The molecule has 2 aromatic carbocycles. The summed E-state index contributed by atoms with van der Waals surface area (Å²) in [5, 5.41) is 16.2. The number of nitrogens with zero attached hydrogens (tertiary/aromatic N) is 3. The summed E-state index contributed by atoms with van der Waals surface area (Å²) >= 11 is 0. The third-order valence-electron chi connectivity index (χ3n) is 4.01. The summed E-state index contributed by atoms with van der Waals surface area (Å²) in [5.74, 6) is -0.845. The maximum Gasteiger partial charge on any atom is 0.354 e. The molecule has 0 saturated carbocycles. The second kappa shape index (κ2) is 7.77. The molecular weight excluding hydrogens is 350 g/mol. The Labute approximate surface area is 155 Å². The van der Waals surface area contributed by atoms with Crippen molar-refractivity contribution in [2.45, 2.75) is 26.4 Å². The van der Waals surface area contributed by atoms with Crippen LogP contribution in [0.1, 0.15) is 24.0 Å². The molecule has 27 heavy (non-hydrogen) atoms. The van der Waals surface area contributed by atoms with E-state index in [1.165, 1.54) is 23.2 Å². The van der Waals surface area contributed by atoms with Crippen molar-refractivity contribution in [1.29, 1.82) is 0 Å². The highest BCUT2D eigenvalue weighted by Crippen LogP contribution is 2.22. The van der Waals surface area contributed by atoms with E-state index in [1.54, 1.807) is 18.2 Å². The smallest absolute Gasteiger partial charge is 0.354 e. The zero-order chi connectivity index (χ0) is 19.4. The lowest BCUT2D eigenvalue weighted by molar-refractivity contribution is -0.384. The third-order valence-corrected chi connectivity index (χ3v) is 4.01. The lowest BCUT2D eigenvalue weighted by atomic mass is 10.1. The van der Waals surface area contributed by atoms with E-state index in [0.29, 0.717) is 11.3 Å². The average molecular weight is 367 g/mol. The SMILES string of the molecule is Cc1cccc(N2N=C(C(=O)OCc3cccc([N+](=O)[O-])c3)CCC2=O)c1. The molecule has 1 heterocycles. The van der Waals surface area contributed by atoms with Crippen molar-refractivity contribution in [2.75, 3.05) is 5.01 Å². The van der Waals surface area contributed by atoms with Gasteiger partial charge in [0.2, 0.25) is 5.91 Å². The van der Waals surface area contributed by atoms with Gasteiger partial charge in [-0.3, -0.25) is 14.9 Å². The monoisotopic (exact) mass is 367 g/mol. The van der Waals surface area contributed by atoms with Gasteiger partial charge in [0.15, 0.2) is 0 Å². The first-order valence-corrected chi connectivity index (χ1v) is 8.31. The number of amides is 1. The standard InChI is InChI=1S/C19H17N3O5/c1-13-4-2-6-15(10-13)21-18(23)9-8-17(20-21)19(24)27-12-14-5-3-7-16(11-14)22(25)26/h2-7,10-11H,8-9,12H2,1H3. The minimum absolute atomic E-state index is 0.0743. The van der Waals surface area contributed by atoms with Crippen LogP contribution in [0.5, 0.6) is 0 Å². The number of esters is 1. The Morgan fingerprint density at radius 1 is 1.22 bits per heavy atom. The fourth-order valence-corrected chi connectivity index (χ4v) is 2.65. The van der Waals surface area contributed by atoms with Gasteiger partial charge in [0.25, 0.3) is 5.69 Å². The molecule has 0 radical (unpaired) electrons. The van der Waals surface area contributed by atoms with Crippen LogP contribution in [-0.2, 0) is 20.9 Å². The summed E-state index contributed by atoms with van der Waals surface area (Å²) in [6, 6.07) is 13.1. The fourth-order valence-electron chi connectivity index (χ4n) is 2.65. The molecule has 0 fully saturated rings. The Bertz CT molecular complexity index is 938. The Hall–Kier alpha value is -3.55. The molecule has 3 rings (SSSR count). The van der Waals surface area contributed by atoms with E-state index >= 15 is 0 Å². The van der Waals surface area contributed by atoms with Crippen molar-refractivity contribution in [1.82, 2.24) is 0 Å². The average Bonchev–Trinajstić information content (AvgIpc) is 2.66. The first-order valence-electron chi connectivity index (χ1n) is 8.31. The van der Waals surface area contributed by atoms with E-state index in [1.807, 2.05) is 19.1 Å². The number of nitro groups is 1. The lowest BCUT2D eigenvalue weighted by Gasteiger charge is -2.23. The minimum Gasteiger partial charge on any atom is -0.456 e. The normalized spacial score (nSPS) is 13.9. The highest BCUT2D eigenvalue weighted by atomic mass is 16.6. The Morgan fingerprint density at radius 2 is 2.00 bits per heavy atom. The molecule has 1 amide bonds.